The third-order valence-corrected chi connectivity index (χ3v) is 4.39. The standard InChI is InChI=1S/C20H16N4O5/c1-12-7-8-13(9-17(12)24(27)28)20(26)29-11-18(25)14(10-21)19-22-15-5-3-4-6-16(15)23(19)2/h3-9,25H,11H2,1-2H3/b18-14-. The summed E-state index contributed by atoms with van der Waals surface area (Å²) in [6.45, 7) is 0.977. The molecule has 29 heavy (non-hydrogen) atoms. The molecule has 0 aliphatic heterocycles. The average Bonchev–Trinajstić information content (AvgIpc) is 3.03. The number of hydrogen-bond acceptors (Lipinski definition) is 7. The summed E-state index contributed by atoms with van der Waals surface area (Å²) in [7, 11) is 1.70. The van der Waals surface area contributed by atoms with Gasteiger partial charge in [-0.05, 0) is 25.1 Å². The number of nitriles is 1. The fourth-order valence-electron chi connectivity index (χ4n) is 2.84. The molecule has 0 unspecified atom stereocenters. The van der Waals surface area contributed by atoms with Crippen LogP contribution in [0.4, 0.5) is 5.69 Å². The summed E-state index contributed by atoms with van der Waals surface area (Å²) in [5.41, 5.74) is 1.45. The zero-order chi connectivity index (χ0) is 21.1. The second kappa shape index (κ2) is 7.82. The minimum atomic E-state index is -0.859. The molecule has 0 spiro atoms. The highest BCUT2D eigenvalue weighted by molar-refractivity contribution is 5.90. The van der Waals surface area contributed by atoms with Crippen LogP contribution in [0.1, 0.15) is 21.7 Å². The van der Waals surface area contributed by atoms with Crippen LogP contribution in [0.25, 0.3) is 16.6 Å². The van der Waals surface area contributed by atoms with Crippen molar-refractivity contribution in [3.8, 4) is 6.07 Å². The van der Waals surface area contributed by atoms with Gasteiger partial charge in [0.05, 0.1) is 21.5 Å². The maximum Gasteiger partial charge on any atom is 0.338 e. The summed E-state index contributed by atoms with van der Waals surface area (Å²) in [6.07, 6.45) is 0. The van der Waals surface area contributed by atoms with E-state index in [9.17, 15) is 25.3 Å². The summed E-state index contributed by atoms with van der Waals surface area (Å²) in [6, 6.07) is 13.0. The van der Waals surface area contributed by atoms with Gasteiger partial charge in [-0.1, -0.05) is 18.2 Å². The van der Waals surface area contributed by atoms with Crippen molar-refractivity contribution in [1.29, 1.82) is 5.26 Å². The maximum absolute atomic E-state index is 12.2. The number of aliphatic hydroxyl groups is 1. The molecule has 2 aromatic carbocycles. The summed E-state index contributed by atoms with van der Waals surface area (Å²) < 4.78 is 6.67. The zero-order valence-electron chi connectivity index (χ0n) is 15.6. The van der Waals surface area contributed by atoms with E-state index in [-0.39, 0.29) is 22.6 Å². The number of carbonyl (C=O) groups is 1. The highest BCUT2D eigenvalue weighted by atomic mass is 16.6. The predicted octanol–water partition coefficient (Wildman–Crippen LogP) is 3.44. The van der Waals surface area contributed by atoms with Crippen molar-refractivity contribution in [3.05, 3.63) is 75.3 Å². The monoisotopic (exact) mass is 392 g/mol. The molecule has 0 atom stereocenters. The number of nitro groups is 1. The molecule has 0 fully saturated rings. The van der Waals surface area contributed by atoms with Crippen molar-refractivity contribution < 1.29 is 19.6 Å². The van der Waals surface area contributed by atoms with Crippen LogP contribution >= 0.6 is 0 Å². The molecule has 0 aliphatic rings. The average molecular weight is 392 g/mol. The van der Waals surface area contributed by atoms with E-state index in [1.54, 1.807) is 30.7 Å². The smallest absolute Gasteiger partial charge is 0.338 e. The summed E-state index contributed by atoms with van der Waals surface area (Å²) in [5, 5.41) is 30.8. The lowest BCUT2D eigenvalue weighted by Crippen LogP contribution is -2.10. The van der Waals surface area contributed by atoms with E-state index in [1.165, 1.54) is 12.1 Å². The van der Waals surface area contributed by atoms with Gasteiger partial charge in [0.1, 0.15) is 18.2 Å². The van der Waals surface area contributed by atoms with Crippen LogP contribution in [-0.4, -0.2) is 32.2 Å². The molecule has 146 valence electrons. The van der Waals surface area contributed by atoms with Crippen molar-refractivity contribution >= 4 is 28.3 Å². The first-order valence-corrected chi connectivity index (χ1v) is 8.49. The molecule has 0 amide bonds. The minimum Gasteiger partial charge on any atom is -0.507 e. The molecule has 0 aliphatic carbocycles. The highest BCUT2D eigenvalue weighted by Crippen LogP contribution is 2.23. The number of esters is 1. The zero-order valence-corrected chi connectivity index (χ0v) is 15.6. The molecule has 0 saturated heterocycles. The Hall–Kier alpha value is -4.19. The number of imidazole rings is 1. The number of rotatable bonds is 5. The minimum absolute atomic E-state index is 0.0312. The number of hydrogen-bond donors (Lipinski definition) is 1. The van der Waals surface area contributed by atoms with E-state index >= 15 is 0 Å². The summed E-state index contributed by atoms with van der Waals surface area (Å²) >= 11 is 0. The molecular weight excluding hydrogens is 376 g/mol. The van der Waals surface area contributed by atoms with Gasteiger partial charge in [0.2, 0.25) is 0 Å². The van der Waals surface area contributed by atoms with Crippen LogP contribution < -0.4 is 0 Å². The Labute approximate surface area is 165 Å². The van der Waals surface area contributed by atoms with Gasteiger partial charge < -0.3 is 14.4 Å². The van der Waals surface area contributed by atoms with E-state index in [0.29, 0.717) is 11.1 Å². The Balaban J connectivity index is 1.85. The van der Waals surface area contributed by atoms with Gasteiger partial charge in [0.25, 0.3) is 5.69 Å². The summed E-state index contributed by atoms with van der Waals surface area (Å²) in [5.74, 6) is -1.10. The van der Waals surface area contributed by atoms with Crippen molar-refractivity contribution in [3.63, 3.8) is 0 Å². The molecule has 0 radical (unpaired) electrons. The van der Waals surface area contributed by atoms with Crippen LogP contribution in [0.5, 0.6) is 0 Å². The number of para-hydroxylation sites is 2. The Morgan fingerprint density at radius 2 is 2.07 bits per heavy atom. The number of nitrogens with zero attached hydrogens (tertiary/aromatic N) is 4. The molecule has 9 heteroatoms. The highest BCUT2D eigenvalue weighted by Gasteiger charge is 2.19. The molecule has 0 saturated carbocycles. The number of allylic oxidation sites excluding steroid dienone is 1. The Morgan fingerprint density at radius 1 is 1.34 bits per heavy atom. The van der Waals surface area contributed by atoms with E-state index in [0.717, 1.165) is 11.6 Å². The first-order chi connectivity index (χ1) is 13.8. The van der Waals surface area contributed by atoms with Crippen molar-refractivity contribution in [2.24, 2.45) is 7.05 Å². The van der Waals surface area contributed by atoms with E-state index in [2.05, 4.69) is 4.98 Å². The number of aliphatic hydroxyl groups excluding tert-OH is 1. The SMILES string of the molecule is Cc1ccc(C(=O)OC/C(O)=C(\C#N)c2nc3ccccc3n2C)cc1[N+](=O)[O-]. The first kappa shape index (κ1) is 19.6. The van der Waals surface area contributed by atoms with Gasteiger partial charge in [0, 0.05) is 18.7 Å². The number of fused-ring (bicyclic) bond motifs is 1. The van der Waals surface area contributed by atoms with Gasteiger partial charge in [-0.15, -0.1) is 0 Å². The molecule has 1 aromatic heterocycles. The quantitative estimate of drug-likeness (QED) is 0.231. The van der Waals surface area contributed by atoms with E-state index < -0.39 is 23.3 Å². The molecule has 0 bridgehead atoms. The largest absolute Gasteiger partial charge is 0.507 e. The van der Waals surface area contributed by atoms with Crippen LogP contribution in [0, 0.1) is 28.4 Å². The number of aromatic nitrogens is 2. The number of carbonyl (C=O) groups excluding carboxylic acids is 1. The lowest BCUT2D eigenvalue weighted by Gasteiger charge is -2.07. The molecule has 3 aromatic rings. The molecule has 1 heterocycles. The molecular formula is C20H16N4O5. The third kappa shape index (κ3) is 3.77. The Morgan fingerprint density at radius 3 is 2.72 bits per heavy atom. The topological polar surface area (TPSA) is 131 Å². The van der Waals surface area contributed by atoms with Crippen LogP contribution in [-0.2, 0) is 11.8 Å². The van der Waals surface area contributed by atoms with Crippen LogP contribution in [0.3, 0.4) is 0 Å². The maximum atomic E-state index is 12.2. The predicted molar refractivity (Wildman–Crippen MR) is 104 cm³/mol. The van der Waals surface area contributed by atoms with E-state index in [1.807, 2.05) is 18.2 Å². The van der Waals surface area contributed by atoms with Gasteiger partial charge in [-0.25, -0.2) is 9.78 Å². The molecule has 3 rings (SSSR count). The number of aryl methyl sites for hydroxylation is 2. The lowest BCUT2D eigenvalue weighted by atomic mass is 10.1. The van der Waals surface area contributed by atoms with Gasteiger partial charge >= 0.3 is 5.97 Å². The van der Waals surface area contributed by atoms with Crippen molar-refractivity contribution in [2.45, 2.75) is 6.92 Å². The normalized spacial score (nSPS) is 11.6. The van der Waals surface area contributed by atoms with Gasteiger partial charge in [0.15, 0.2) is 11.6 Å². The van der Waals surface area contributed by atoms with Gasteiger partial charge in [-0.3, -0.25) is 10.1 Å². The number of benzene rings is 2. The third-order valence-electron chi connectivity index (χ3n) is 4.39. The lowest BCUT2D eigenvalue weighted by molar-refractivity contribution is -0.385. The molecule has 1 N–H and O–H groups in total. The summed E-state index contributed by atoms with van der Waals surface area (Å²) in [4.78, 5) is 27.0. The Kier molecular flexibility index (Phi) is 5.27. The fourth-order valence-corrected chi connectivity index (χ4v) is 2.84. The van der Waals surface area contributed by atoms with Crippen molar-refractivity contribution in [2.75, 3.05) is 6.61 Å². The number of nitro benzene ring substituents is 1. The van der Waals surface area contributed by atoms with Crippen LogP contribution in [0.2, 0.25) is 0 Å². The Bertz CT molecular complexity index is 1200. The first-order valence-electron chi connectivity index (χ1n) is 8.49. The van der Waals surface area contributed by atoms with Crippen molar-refractivity contribution in [1.82, 2.24) is 9.55 Å². The van der Waals surface area contributed by atoms with E-state index in [4.69, 9.17) is 4.74 Å². The second-order valence-electron chi connectivity index (χ2n) is 6.25. The fraction of sp³-hybridized carbons (Fsp3) is 0.150. The van der Waals surface area contributed by atoms with Gasteiger partial charge in [-0.2, -0.15) is 5.26 Å². The second-order valence-corrected chi connectivity index (χ2v) is 6.25. The molecule has 9 nitrogen and oxygen atoms in total. The number of ether oxygens (including phenoxy) is 1. The van der Waals surface area contributed by atoms with Crippen LogP contribution in [0.15, 0.2) is 48.2 Å².